The van der Waals surface area contributed by atoms with Gasteiger partial charge in [0.2, 0.25) is 0 Å². The smallest absolute Gasteiger partial charge is 0.121 e. The van der Waals surface area contributed by atoms with Gasteiger partial charge in [0.25, 0.3) is 0 Å². The minimum Gasteiger partial charge on any atom is -0.492 e. The Kier molecular flexibility index (Phi) is 8.37. The van der Waals surface area contributed by atoms with Gasteiger partial charge in [-0.25, -0.2) is 4.98 Å². The summed E-state index contributed by atoms with van der Waals surface area (Å²) in [7, 11) is 0. The Morgan fingerprint density at radius 2 is 1.79 bits per heavy atom. The van der Waals surface area contributed by atoms with Crippen molar-refractivity contribution >= 4 is 23.2 Å². The molecule has 0 saturated carbocycles. The Hall–Kier alpha value is -2.25. The van der Waals surface area contributed by atoms with Crippen LogP contribution in [0.2, 0.25) is 10.0 Å². The Bertz CT molecular complexity index is 1070. The third kappa shape index (κ3) is 6.89. The molecule has 0 spiro atoms. The number of hydrogen-bond donors (Lipinski definition) is 1. The predicted molar refractivity (Wildman–Crippen MR) is 135 cm³/mol. The van der Waals surface area contributed by atoms with Crippen LogP contribution in [-0.2, 0) is 13.1 Å². The Morgan fingerprint density at radius 3 is 2.53 bits per heavy atom. The van der Waals surface area contributed by atoms with E-state index >= 15 is 0 Å². The van der Waals surface area contributed by atoms with Crippen LogP contribution in [0.15, 0.2) is 54.9 Å². The summed E-state index contributed by atoms with van der Waals surface area (Å²) in [6.45, 7) is 6.20. The highest BCUT2D eigenvalue weighted by molar-refractivity contribution is 6.42. The molecule has 0 amide bonds. The first-order chi connectivity index (χ1) is 16.4. The van der Waals surface area contributed by atoms with Gasteiger partial charge >= 0.3 is 0 Å². The first kappa shape index (κ1) is 24.9. The average molecular weight is 504 g/mol. The third-order valence-corrected chi connectivity index (χ3v) is 7.00. The van der Waals surface area contributed by atoms with E-state index in [1.165, 1.54) is 5.56 Å². The number of nitrogens with zero attached hydrogens (tertiary/aromatic N) is 3. The molecule has 1 aliphatic rings. The Balaban J connectivity index is 1.23. The van der Waals surface area contributed by atoms with E-state index < -0.39 is 5.60 Å². The molecule has 0 unspecified atom stereocenters. The van der Waals surface area contributed by atoms with E-state index in [-0.39, 0.29) is 6.61 Å². The van der Waals surface area contributed by atoms with E-state index in [0.29, 0.717) is 35.2 Å². The summed E-state index contributed by atoms with van der Waals surface area (Å²) in [5, 5.41) is 12.0. The van der Waals surface area contributed by atoms with Crippen molar-refractivity contribution in [3.05, 3.63) is 76.3 Å². The van der Waals surface area contributed by atoms with Crippen molar-refractivity contribution in [2.75, 3.05) is 26.3 Å². The molecule has 1 aliphatic heterocycles. The number of aromatic nitrogens is 2. The lowest BCUT2D eigenvalue weighted by atomic mass is 9.96. The van der Waals surface area contributed by atoms with Crippen LogP contribution in [0.4, 0.5) is 0 Å². The SMILES string of the molecule is Cc1nccn1CCOc1ccc(CN2CCC[C@@](O)(COc3ccc(Cl)c(Cl)c3)CC2)cc1. The minimum atomic E-state index is -0.855. The molecule has 1 atom stereocenters. The summed E-state index contributed by atoms with van der Waals surface area (Å²) in [4.78, 5) is 6.61. The quantitative estimate of drug-likeness (QED) is 0.425. The van der Waals surface area contributed by atoms with Crippen molar-refractivity contribution in [3.63, 3.8) is 0 Å². The van der Waals surface area contributed by atoms with E-state index in [1.54, 1.807) is 24.4 Å². The van der Waals surface area contributed by atoms with Crippen molar-refractivity contribution in [2.24, 2.45) is 0 Å². The molecule has 1 N–H and O–H groups in total. The van der Waals surface area contributed by atoms with Crippen LogP contribution in [0, 0.1) is 6.92 Å². The van der Waals surface area contributed by atoms with Crippen LogP contribution in [0.3, 0.4) is 0 Å². The first-order valence-electron chi connectivity index (χ1n) is 11.6. The number of hydrogen-bond acceptors (Lipinski definition) is 5. The average Bonchev–Trinajstić information content (AvgIpc) is 3.14. The highest BCUT2D eigenvalue weighted by Crippen LogP contribution is 2.29. The molecule has 3 aromatic rings. The van der Waals surface area contributed by atoms with Gasteiger partial charge in [0, 0.05) is 31.5 Å². The lowest BCUT2D eigenvalue weighted by Gasteiger charge is -2.27. The zero-order chi connectivity index (χ0) is 24.0. The number of aliphatic hydroxyl groups is 1. The maximum absolute atomic E-state index is 11.1. The van der Waals surface area contributed by atoms with E-state index in [2.05, 4.69) is 26.6 Å². The molecule has 182 valence electrons. The van der Waals surface area contributed by atoms with Crippen molar-refractivity contribution in [2.45, 2.75) is 44.9 Å². The van der Waals surface area contributed by atoms with Gasteiger partial charge in [-0.15, -0.1) is 0 Å². The number of likely N-dealkylation sites (tertiary alicyclic amines) is 1. The second-order valence-corrected chi connectivity index (χ2v) is 9.69. The molecule has 2 heterocycles. The maximum atomic E-state index is 11.1. The van der Waals surface area contributed by atoms with Crippen molar-refractivity contribution < 1.29 is 14.6 Å². The second kappa shape index (κ2) is 11.5. The van der Waals surface area contributed by atoms with Gasteiger partial charge in [-0.05, 0) is 62.6 Å². The lowest BCUT2D eigenvalue weighted by Crippen LogP contribution is -2.37. The van der Waals surface area contributed by atoms with E-state index in [1.807, 2.05) is 25.3 Å². The van der Waals surface area contributed by atoms with Crippen molar-refractivity contribution in [3.8, 4) is 11.5 Å². The van der Waals surface area contributed by atoms with Crippen molar-refractivity contribution in [1.82, 2.24) is 14.5 Å². The summed E-state index contributed by atoms with van der Waals surface area (Å²) in [5.41, 5.74) is 0.377. The van der Waals surface area contributed by atoms with Crippen LogP contribution < -0.4 is 9.47 Å². The number of benzene rings is 2. The largest absolute Gasteiger partial charge is 0.492 e. The molecule has 1 saturated heterocycles. The van der Waals surface area contributed by atoms with Crippen LogP contribution in [0.25, 0.3) is 0 Å². The fourth-order valence-corrected chi connectivity index (χ4v) is 4.46. The highest BCUT2D eigenvalue weighted by atomic mass is 35.5. The molecule has 0 radical (unpaired) electrons. The summed E-state index contributed by atoms with van der Waals surface area (Å²) >= 11 is 12.0. The normalized spacial score (nSPS) is 19.1. The van der Waals surface area contributed by atoms with E-state index in [9.17, 15) is 5.11 Å². The summed E-state index contributed by atoms with van der Waals surface area (Å²) in [6, 6.07) is 13.4. The number of halogens is 2. The first-order valence-corrected chi connectivity index (χ1v) is 12.4. The third-order valence-electron chi connectivity index (χ3n) is 6.26. The number of imidazole rings is 1. The molecule has 1 aromatic heterocycles. The number of rotatable bonds is 9. The molecular formula is C26H31Cl2N3O3. The van der Waals surface area contributed by atoms with Crippen molar-refractivity contribution in [1.29, 1.82) is 0 Å². The van der Waals surface area contributed by atoms with Gasteiger partial charge in [-0.3, -0.25) is 4.90 Å². The molecule has 0 aliphatic carbocycles. The van der Waals surface area contributed by atoms with Gasteiger partial charge < -0.3 is 19.1 Å². The molecule has 8 heteroatoms. The molecule has 0 bridgehead atoms. The van der Waals surface area contributed by atoms with Crippen LogP contribution in [-0.4, -0.2) is 51.5 Å². The molecule has 1 fully saturated rings. The lowest BCUT2D eigenvalue weighted by molar-refractivity contribution is -0.0168. The Morgan fingerprint density at radius 1 is 1.00 bits per heavy atom. The fourth-order valence-electron chi connectivity index (χ4n) is 4.17. The standard InChI is InChI=1S/C26H31Cl2N3O3/c1-20-29-11-14-31(20)15-16-33-22-5-3-21(4-6-22)18-30-12-2-9-26(32,10-13-30)19-34-23-7-8-24(27)25(28)17-23/h3-8,11,14,17,32H,2,9-10,12-13,15-16,18-19H2,1H3/t26-/m0/s1. The topological polar surface area (TPSA) is 59.8 Å². The minimum absolute atomic E-state index is 0.240. The molecular weight excluding hydrogens is 473 g/mol. The van der Waals surface area contributed by atoms with Gasteiger partial charge in [0.05, 0.1) is 22.2 Å². The summed E-state index contributed by atoms with van der Waals surface area (Å²) in [5.74, 6) is 2.47. The zero-order valence-electron chi connectivity index (χ0n) is 19.4. The maximum Gasteiger partial charge on any atom is 0.121 e. The summed E-state index contributed by atoms with van der Waals surface area (Å²) < 4.78 is 13.8. The molecule has 34 heavy (non-hydrogen) atoms. The van der Waals surface area contributed by atoms with Crippen LogP contribution >= 0.6 is 23.2 Å². The predicted octanol–water partition coefficient (Wildman–Crippen LogP) is 5.37. The highest BCUT2D eigenvalue weighted by Gasteiger charge is 2.31. The summed E-state index contributed by atoms with van der Waals surface area (Å²) in [6.07, 6.45) is 6.03. The molecule has 2 aromatic carbocycles. The fraction of sp³-hybridized carbons (Fsp3) is 0.423. The van der Waals surface area contributed by atoms with Crippen LogP contribution in [0.1, 0.15) is 30.7 Å². The monoisotopic (exact) mass is 503 g/mol. The number of aryl methyl sites for hydroxylation is 1. The number of ether oxygens (including phenoxy) is 2. The van der Waals surface area contributed by atoms with Crippen LogP contribution in [0.5, 0.6) is 11.5 Å². The van der Waals surface area contributed by atoms with Gasteiger partial charge in [0.1, 0.15) is 30.5 Å². The second-order valence-electron chi connectivity index (χ2n) is 8.88. The van der Waals surface area contributed by atoms with Gasteiger partial charge in [0.15, 0.2) is 0 Å². The molecule has 4 rings (SSSR count). The van der Waals surface area contributed by atoms with E-state index in [0.717, 1.165) is 44.2 Å². The van der Waals surface area contributed by atoms with E-state index in [4.69, 9.17) is 32.7 Å². The molecule has 6 nitrogen and oxygen atoms in total. The van der Waals surface area contributed by atoms with Gasteiger partial charge in [-0.1, -0.05) is 35.3 Å². The zero-order valence-corrected chi connectivity index (χ0v) is 20.9. The van der Waals surface area contributed by atoms with Gasteiger partial charge in [-0.2, -0.15) is 0 Å². The Labute approximate surface area is 211 Å².